The summed E-state index contributed by atoms with van der Waals surface area (Å²) in [4.78, 5) is 15.4. The molecule has 3 rings (SSSR count). The summed E-state index contributed by atoms with van der Waals surface area (Å²) in [7, 11) is -2.22. The summed E-state index contributed by atoms with van der Waals surface area (Å²) in [5.41, 5.74) is 3.64. The largest absolute Gasteiger partial charge is 0.496 e. The van der Waals surface area contributed by atoms with Crippen molar-refractivity contribution in [1.29, 1.82) is 0 Å². The molecule has 0 fully saturated rings. The summed E-state index contributed by atoms with van der Waals surface area (Å²) in [5.74, 6) is 0.616. The first-order valence-corrected chi connectivity index (χ1v) is 9.97. The van der Waals surface area contributed by atoms with E-state index in [9.17, 15) is 13.2 Å². The fourth-order valence-electron chi connectivity index (χ4n) is 2.98. The molecule has 0 aliphatic carbocycles. The minimum Gasteiger partial charge on any atom is -0.496 e. The Hall–Kier alpha value is -2.64. The quantitative estimate of drug-likeness (QED) is 0.706. The van der Waals surface area contributed by atoms with Gasteiger partial charge in [0, 0.05) is 12.1 Å². The van der Waals surface area contributed by atoms with Crippen molar-refractivity contribution in [3.63, 3.8) is 0 Å². The topological polar surface area (TPSA) is 88.3 Å². The number of aromatic amines is 1. The fraction of sp³-hybridized carbons (Fsp3) is 0.250. The van der Waals surface area contributed by atoms with Crippen molar-refractivity contribution in [3.05, 3.63) is 69.0 Å². The third-order valence-corrected chi connectivity index (χ3v) is 6.16. The Labute approximate surface area is 158 Å². The molecule has 0 amide bonds. The maximum Gasteiger partial charge on any atom is 0.252 e. The van der Waals surface area contributed by atoms with Crippen LogP contribution in [0.3, 0.4) is 0 Å². The lowest BCUT2D eigenvalue weighted by Crippen LogP contribution is -2.27. The van der Waals surface area contributed by atoms with Crippen LogP contribution >= 0.6 is 0 Å². The van der Waals surface area contributed by atoms with Crippen molar-refractivity contribution in [2.45, 2.75) is 32.2 Å². The summed E-state index contributed by atoms with van der Waals surface area (Å²) in [6, 6.07) is 10.2. The number of aromatic nitrogens is 1. The number of fused-ring (bicyclic) bond motifs is 1. The van der Waals surface area contributed by atoms with Crippen molar-refractivity contribution in [2.75, 3.05) is 7.11 Å². The van der Waals surface area contributed by atoms with Gasteiger partial charge in [-0.2, -0.15) is 0 Å². The van der Waals surface area contributed by atoms with Crippen molar-refractivity contribution in [2.24, 2.45) is 0 Å². The monoisotopic (exact) mass is 386 g/mol. The number of benzene rings is 2. The highest BCUT2D eigenvalue weighted by atomic mass is 32.2. The molecule has 1 heterocycles. The SMILES string of the molecule is COc1ccc(S(=O)(=O)NCc2cc3ccc(C)c(C)c3[nH]c2=O)cc1C. The first kappa shape index (κ1) is 19.1. The first-order chi connectivity index (χ1) is 12.7. The summed E-state index contributed by atoms with van der Waals surface area (Å²) in [6.45, 7) is 5.61. The molecule has 0 saturated carbocycles. The molecule has 0 atom stereocenters. The molecule has 2 aromatic carbocycles. The Kier molecular flexibility index (Phi) is 5.08. The Morgan fingerprint density at radius 1 is 1.04 bits per heavy atom. The van der Waals surface area contributed by atoms with E-state index in [0.717, 1.165) is 27.6 Å². The number of rotatable bonds is 5. The van der Waals surface area contributed by atoms with E-state index in [1.807, 2.05) is 26.0 Å². The van der Waals surface area contributed by atoms with Crippen LogP contribution in [-0.4, -0.2) is 20.5 Å². The van der Waals surface area contributed by atoms with Crippen molar-refractivity contribution >= 4 is 20.9 Å². The van der Waals surface area contributed by atoms with Gasteiger partial charge in [0.1, 0.15) is 5.75 Å². The number of aryl methyl sites for hydroxylation is 3. The van der Waals surface area contributed by atoms with Crippen LogP contribution < -0.4 is 15.0 Å². The van der Waals surface area contributed by atoms with Crippen LogP contribution in [0.1, 0.15) is 22.3 Å². The van der Waals surface area contributed by atoms with Crippen molar-refractivity contribution in [3.8, 4) is 5.75 Å². The van der Waals surface area contributed by atoms with Gasteiger partial charge in [-0.3, -0.25) is 4.79 Å². The predicted octanol–water partition coefficient (Wildman–Crippen LogP) is 2.94. The second kappa shape index (κ2) is 7.17. The average molecular weight is 386 g/mol. The van der Waals surface area contributed by atoms with Crippen LogP contribution in [0, 0.1) is 20.8 Å². The number of nitrogens with one attached hydrogen (secondary N) is 2. The molecule has 2 N–H and O–H groups in total. The van der Waals surface area contributed by atoms with Gasteiger partial charge >= 0.3 is 0 Å². The lowest BCUT2D eigenvalue weighted by Gasteiger charge is -2.11. The first-order valence-electron chi connectivity index (χ1n) is 8.49. The number of hydrogen-bond donors (Lipinski definition) is 2. The molecule has 0 bridgehead atoms. The van der Waals surface area contributed by atoms with Crippen LogP contribution in [0.25, 0.3) is 10.9 Å². The Morgan fingerprint density at radius 2 is 1.78 bits per heavy atom. The summed E-state index contributed by atoms with van der Waals surface area (Å²) >= 11 is 0. The molecule has 1 aromatic heterocycles. The highest BCUT2D eigenvalue weighted by molar-refractivity contribution is 7.89. The van der Waals surface area contributed by atoms with Gasteiger partial charge in [-0.1, -0.05) is 12.1 Å². The fourth-order valence-corrected chi connectivity index (χ4v) is 4.07. The zero-order valence-electron chi connectivity index (χ0n) is 15.7. The van der Waals surface area contributed by atoms with E-state index in [4.69, 9.17) is 4.74 Å². The van der Waals surface area contributed by atoms with Gasteiger partial charge in [-0.25, -0.2) is 13.1 Å². The minimum atomic E-state index is -3.75. The Balaban J connectivity index is 1.89. The molecular formula is C20H22N2O4S. The van der Waals surface area contributed by atoms with Crippen molar-refractivity contribution in [1.82, 2.24) is 9.71 Å². The van der Waals surface area contributed by atoms with Gasteiger partial charge in [0.25, 0.3) is 5.56 Å². The van der Waals surface area contributed by atoms with Crippen LogP contribution in [0.15, 0.2) is 46.1 Å². The second-order valence-corrected chi connectivity index (χ2v) is 8.32. The Morgan fingerprint density at radius 3 is 2.44 bits per heavy atom. The molecule has 0 radical (unpaired) electrons. The summed E-state index contributed by atoms with van der Waals surface area (Å²) in [6.07, 6.45) is 0. The van der Waals surface area contributed by atoms with E-state index in [1.54, 1.807) is 19.1 Å². The van der Waals surface area contributed by atoms with E-state index in [0.29, 0.717) is 11.3 Å². The molecular weight excluding hydrogens is 364 g/mol. The molecule has 7 heteroatoms. The summed E-state index contributed by atoms with van der Waals surface area (Å²) < 4.78 is 32.8. The molecule has 0 aliphatic heterocycles. The van der Waals surface area contributed by atoms with Crippen LogP contribution in [-0.2, 0) is 16.6 Å². The molecule has 27 heavy (non-hydrogen) atoms. The molecule has 6 nitrogen and oxygen atoms in total. The third kappa shape index (κ3) is 3.74. The number of sulfonamides is 1. The van der Waals surface area contributed by atoms with E-state index < -0.39 is 10.0 Å². The van der Waals surface area contributed by atoms with E-state index in [2.05, 4.69) is 9.71 Å². The summed E-state index contributed by atoms with van der Waals surface area (Å²) in [5, 5.41) is 0.868. The van der Waals surface area contributed by atoms with Gasteiger partial charge < -0.3 is 9.72 Å². The number of ether oxygens (including phenoxy) is 1. The normalized spacial score (nSPS) is 11.7. The number of methoxy groups -OCH3 is 1. The standard InChI is InChI=1S/C20H22N2O4S/c1-12-5-6-15-10-16(20(23)22-19(15)14(12)3)11-21-27(24,25)17-7-8-18(26-4)13(2)9-17/h5-10,21H,11H2,1-4H3,(H,22,23). The van der Waals surface area contributed by atoms with Gasteiger partial charge in [-0.15, -0.1) is 0 Å². The highest BCUT2D eigenvalue weighted by Crippen LogP contribution is 2.22. The molecule has 0 unspecified atom stereocenters. The van der Waals surface area contributed by atoms with Crippen LogP contribution in [0.5, 0.6) is 5.75 Å². The molecule has 0 saturated heterocycles. The second-order valence-electron chi connectivity index (χ2n) is 6.55. The van der Waals surface area contributed by atoms with E-state index in [1.165, 1.54) is 19.2 Å². The molecule has 142 valence electrons. The highest BCUT2D eigenvalue weighted by Gasteiger charge is 2.16. The van der Waals surface area contributed by atoms with Crippen LogP contribution in [0.2, 0.25) is 0 Å². The number of hydrogen-bond acceptors (Lipinski definition) is 4. The average Bonchev–Trinajstić information content (AvgIpc) is 2.63. The Bertz CT molecular complexity index is 1180. The van der Waals surface area contributed by atoms with Gasteiger partial charge in [0.05, 0.1) is 17.5 Å². The van der Waals surface area contributed by atoms with Gasteiger partial charge in [-0.05, 0) is 67.1 Å². The lowest BCUT2D eigenvalue weighted by atomic mass is 10.0. The van der Waals surface area contributed by atoms with Crippen LogP contribution in [0.4, 0.5) is 0 Å². The van der Waals surface area contributed by atoms with E-state index in [-0.39, 0.29) is 17.0 Å². The van der Waals surface area contributed by atoms with Gasteiger partial charge in [0.2, 0.25) is 10.0 Å². The zero-order chi connectivity index (χ0) is 19.8. The smallest absolute Gasteiger partial charge is 0.252 e. The molecule has 3 aromatic rings. The lowest BCUT2D eigenvalue weighted by molar-refractivity contribution is 0.411. The predicted molar refractivity (Wildman–Crippen MR) is 106 cm³/mol. The maximum absolute atomic E-state index is 12.6. The molecule has 0 aliphatic rings. The third-order valence-electron chi connectivity index (χ3n) is 4.76. The number of pyridine rings is 1. The molecule has 0 spiro atoms. The number of H-pyrrole nitrogens is 1. The zero-order valence-corrected chi connectivity index (χ0v) is 16.5. The van der Waals surface area contributed by atoms with E-state index >= 15 is 0 Å². The minimum absolute atomic E-state index is 0.0917. The van der Waals surface area contributed by atoms with Gasteiger partial charge in [0.15, 0.2) is 0 Å². The maximum atomic E-state index is 12.6. The van der Waals surface area contributed by atoms with Crippen molar-refractivity contribution < 1.29 is 13.2 Å².